The number of carbonyl (C=O) groups is 3. The lowest BCUT2D eigenvalue weighted by Gasteiger charge is -2.25. The first-order valence-corrected chi connectivity index (χ1v) is 6.93. The van der Waals surface area contributed by atoms with Crippen LogP contribution in [0.15, 0.2) is 30.3 Å². The summed E-state index contributed by atoms with van der Waals surface area (Å²) in [6, 6.07) is 8.77. The number of nitrogens with zero attached hydrogens (tertiary/aromatic N) is 1. The molecule has 0 radical (unpaired) electrons. The highest BCUT2D eigenvalue weighted by molar-refractivity contribution is 5.96. The van der Waals surface area contributed by atoms with Gasteiger partial charge in [0.1, 0.15) is 0 Å². The van der Waals surface area contributed by atoms with E-state index in [1.165, 1.54) is 4.90 Å². The Balaban J connectivity index is 1.82. The Morgan fingerprint density at radius 2 is 2.05 bits per heavy atom. The summed E-state index contributed by atoms with van der Waals surface area (Å²) in [6.07, 6.45) is 1.05. The lowest BCUT2D eigenvalue weighted by Crippen LogP contribution is -2.50. The Kier molecular flexibility index (Phi) is 4.92. The lowest BCUT2D eigenvalue weighted by atomic mass is 10.1. The maximum atomic E-state index is 12.1. The van der Waals surface area contributed by atoms with Gasteiger partial charge in [0.2, 0.25) is 11.8 Å². The minimum absolute atomic E-state index is 0.00181. The van der Waals surface area contributed by atoms with E-state index in [9.17, 15) is 14.4 Å². The second-order valence-corrected chi connectivity index (χ2v) is 5.13. The van der Waals surface area contributed by atoms with E-state index in [4.69, 9.17) is 0 Å². The third kappa shape index (κ3) is 4.30. The Morgan fingerprint density at radius 3 is 2.67 bits per heavy atom. The van der Waals surface area contributed by atoms with Crippen molar-refractivity contribution in [1.29, 1.82) is 0 Å². The van der Waals surface area contributed by atoms with Gasteiger partial charge in [-0.05, 0) is 18.6 Å². The number of nitrogens with one attached hydrogen (secondary N) is 2. The van der Waals surface area contributed by atoms with E-state index < -0.39 is 0 Å². The van der Waals surface area contributed by atoms with E-state index in [-0.39, 0.29) is 30.3 Å². The van der Waals surface area contributed by atoms with Gasteiger partial charge in [0.05, 0.1) is 6.54 Å². The van der Waals surface area contributed by atoms with Crippen molar-refractivity contribution in [1.82, 2.24) is 15.5 Å². The van der Waals surface area contributed by atoms with E-state index >= 15 is 0 Å². The van der Waals surface area contributed by atoms with E-state index in [0.717, 1.165) is 0 Å². The molecule has 1 aliphatic heterocycles. The van der Waals surface area contributed by atoms with E-state index in [0.29, 0.717) is 24.9 Å². The zero-order valence-electron chi connectivity index (χ0n) is 12.0. The molecule has 2 N–H and O–H groups in total. The van der Waals surface area contributed by atoms with Crippen LogP contribution in [0.4, 0.5) is 0 Å². The van der Waals surface area contributed by atoms with Crippen molar-refractivity contribution < 1.29 is 14.4 Å². The number of carbonyl (C=O) groups excluding carboxylic acids is 3. The molecule has 0 aliphatic carbocycles. The van der Waals surface area contributed by atoms with Gasteiger partial charge in [0.25, 0.3) is 5.91 Å². The molecule has 1 unspecified atom stereocenters. The average molecular weight is 289 g/mol. The van der Waals surface area contributed by atoms with Crippen LogP contribution in [0.3, 0.4) is 0 Å². The number of hydrogen-bond donors (Lipinski definition) is 2. The second-order valence-electron chi connectivity index (χ2n) is 5.13. The Hall–Kier alpha value is -2.37. The molecule has 1 aromatic carbocycles. The molecule has 0 saturated carbocycles. The van der Waals surface area contributed by atoms with Gasteiger partial charge in [-0.3, -0.25) is 14.4 Å². The average Bonchev–Trinajstić information content (AvgIpc) is 2.49. The summed E-state index contributed by atoms with van der Waals surface area (Å²) in [5.74, 6) is -0.400. The molecule has 0 bridgehead atoms. The molecule has 1 heterocycles. The summed E-state index contributed by atoms with van der Waals surface area (Å²) >= 11 is 0. The molecule has 0 aromatic heterocycles. The van der Waals surface area contributed by atoms with Gasteiger partial charge < -0.3 is 15.5 Å². The van der Waals surface area contributed by atoms with Crippen LogP contribution in [0.25, 0.3) is 0 Å². The SMILES string of the molecule is CN(CC(=O)NC1CCC(=O)NC1)C(=O)c1ccccc1. The first-order chi connectivity index (χ1) is 10.1. The van der Waals surface area contributed by atoms with Crippen LogP contribution in [-0.2, 0) is 9.59 Å². The van der Waals surface area contributed by atoms with Crippen LogP contribution >= 0.6 is 0 Å². The molecule has 1 aliphatic rings. The Bertz CT molecular complexity index is 520. The molecular formula is C15H19N3O3. The van der Waals surface area contributed by atoms with Crippen LogP contribution in [0.1, 0.15) is 23.2 Å². The van der Waals surface area contributed by atoms with Crippen molar-refractivity contribution in [3.63, 3.8) is 0 Å². The third-order valence-electron chi connectivity index (χ3n) is 3.38. The molecule has 3 amide bonds. The number of benzene rings is 1. The summed E-state index contributed by atoms with van der Waals surface area (Å²) in [5, 5.41) is 5.53. The molecule has 1 saturated heterocycles. The molecule has 1 aromatic rings. The Labute approximate surface area is 123 Å². The highest BCUT2D eigenvalue weighted by Crippen LogP contribution is 2.04. The normalized spacial score (nSPS) is 17.8. The van der Waals surface area contributed by atoms with Gasteiger partial charge in [0.15, 0.2) is 0 Å². The van der Waals surface area contributed by atoms with Crippen LogP contribution in [0, 0.1) is 0 Å². The van der Waals surface area contributed by atoms with Crippen molar-refractivity contribution >= 4 is 17.7 Å². The predicted molar refractivity (Wildman–Crippen MR) is 77.6 cm³/mol. The van der Waals surface area contributed by atoms with Crippen LogP contribution in [0.5, 0.6) is 0 Å². The van der Waals surface area contributed by atoms with Gasteiger partial charge in [0, 0.05) is 31.6 Å². The van der Waals surface area contributed by atoms with E-state index in [1.54, 1.807) is 31.3 Å². The molecule has 2 rings (SSSR count). The monoisotopic (exact) mass is 289 g/mol. The standard InChI is InChI=1S/C15H19N3O3/c1-18(15(21)11-5-3-2-4-6-11)10-14(20)17-12-7-8-13(19)16-9-12/h2-6,12H,7-10H2,1H3,(H,16,19)(H,17,20). The summed E-state index contributed by atoms with van der Waals surface area (Å²) in [7, 11) is 1.59. The van der Waals surface area contributed by atoms with Crippen LogP contribution in [0.2, 0.25) is 0 Å². The number of amides is 3. The predicted octanol–water partition coefficient (Wildman–Crippen LogP) is 0.153. The second kappa shape index (κ2) is 6.88. The highest BCUT2D eigenvalue weighted by Gasteiger charge is 2.21. The molecule has 0 spiro atoms. The molecule has 21 heavy (non-hydrogen) atoms. The molecule has 6 heteroatoms. The van der Waals surface area contributed by atoms with Gasteiger partial charge in [-0.1, -0.05) is 18.2 Å². The molecule has 1 atom stereocenters. The quantitative estimate of drug-likeness (QED) is 0.828. The maximum absolute atomic E-state index is 12.1. The van der Waals surface area contributed by atoms with Crippen molar-refractivity contribution in [3.05, 3.63) is 35.9 Å². The zero-order valence-corrected chi connectivity index (χ0v) is 12.0. The van der Waals surface area contributed by atoms with Crippen LogP contribution < -0.4 is 10.6 Å². The third-order valence-corrected chi connectivity index (χ3v) is 3.38. The topological polar surface area (TPSA) is 78.5 Å². The fraction of sp³-hybridized carbons (Fsp3) is 0.400. The van der Waals surface area contributed by atoms with Gasteiger partial charge in [-0.2, -0.15) is 0 Å². The van der Waals surface area contributed by atoms with Crippen LogP contribution in [-0.4, -0.2) is 48.8 Å². The molecular weight excluding hydrogens is 270 g/mol. The number of hydrogen-bond acceptors (Lipinski definition) is 3. The van der Waals surface area contributed by atoms with Gasteiger partial charge in [-0.25, -0.2) is 0 Å². The fourth-order valence-corrected chi connectivity index (χ4v) is 2.22. The van der Waals surface area contributed by atoms with Crippen molar-refractivity contribution in [3.8, 4) is 0 Å². The Morgan fingerprint density at radius 1 is 1.33 bits per heavy atom. The van der Waals surface area contributed by atoms with Crippen molar-refractivity contribution in [2.24, 2.45) is 0 Å². The first-order valence-electron chi connectivity index (χ1n) is 6.93. The number of likely N-dealkylation sites (N-methyl/N-ethyl adjacent to an activating group) is 1. The maximum Gasteiger partial charge on any atom is 0.254 e. The van der Waals surface area contributed by atoms with E-state index in [1.807, 2.05) is 6.07 Å². The minimum atomic E-state index is -0.220. The van der Waals surface area contributed by atoms with E-state index in [2.05, 4.69) is 10.6 Å². The molecule has 112 valence electrons. The molecule has 6 nitrogen and oxygen atoms in total. The zero-order chi connectivity index (χ0) is 15.2. The largest absolute Gasteiger partial charge is 0.354 e. The van der Waals surface area contributed by atoms with Gasteiger partial charge >= 0.3 is 0 Å². The highest BCUT2D eigenvalue weighted by atomic mass is 16.2. The minimum Gasteiger partial charge on any atom is -0.354 e. The number of piperidine rings is 1. The number of rotatable bonds is 4. The summed E-state index contributed by atoms with van der Waals surface area (Å²) in [6.45, 7) is 0.444. The summed E-state index contributed by atoms with van der Waals surface area (Å²) < 4.78 is 0. The summed E-state index contributed by atoms with van der Waals surface area (Å²) in [5.41, 5.74) is 0.553. The smallest absolute Gasteiger partial charge is 0.254 e. The fourth-order valence-electron chi connectivity index (χ4n) is 2.22. The van der Waals surface area contributed by atoms with Crippen molar-refractivity contribution in [2.75, 3.05) is 20.1 Å². The molecule has 1 fully saturated rings. The first kappa shape index (κ1) is 15.0. The lowest BCUT2D eigenvalue weighted by molar-refractivity contribution is -0.125. The van der Waals surface area contributed by atoms with Crippen molar-refractivity contribution in [2.45, 2.75) is 18.9 Å². The van der Waals surface area contributed by atoms with Gasteiger partial charge in [-0.15, -0.1) is 0 Å². The summed E-state index contributed by atoms with van der Waals surface area (Å²) in [4.78, 5) is 36.4.